The minimum atomic E-state index is -0.254. The molecule has 0 unspecified atom stereocenters. The summed E-state index contributed by atoms with van der Waals surface area (Å²) in [5.41, 5.74) is 1.88. The molecule has 0 aromatic rings. The van der Waals surface area contributed by atoms with Gasteiger partial charge in [-0.1, -0.05) is 19.8 Å². The Kier molecular flexibility index (Phi) is 7.01. The van der Waals surface area contributed by atoms with Crippen molar-refractivity contribution in [2.45, 2.75) is 45.4 Å². The maximum absolute atomic E-state index is 12.2. The number of carbonyl (C=O) groups is 1. The largest absolute Gasteiger partial charge is 0.431 e. The van der Waals surface area contributed by atoms with Gasteiger partial charge in [0.2, 0.25) is 5.57 Å². The smallest absolute Gasteiger partial charge is 0.415 e. The van der Waals surface area contributed by atoms with Gasteiger partial charge in [-0.05, 0) is 38.6 Å². The molecule has 1 heterocycles. The molecule has 0 aromatic heterocycles. The summed E-state index contributed by atoms with van der Waals surface area (Å²) in [7, 11) is 2.11. The van der Waals surface area contributed by atoms with E-state index in [1.165, 1.54) is 44.1 Å². The van der Waals surface area contributed by atoms with Gasteiger partial charge in [-0.2, -0.15) is 4.79 Å². The van der Waals surface area contributed by atoms with E-state index < -0.39 is 0 Å². The minimum absolute atomic E-state index is 0.254. The summed E-state index contributed by atoms with van der Waals surface area (Å²) in [5, 5.41) is 0. The van der Waals surface area contributed by atoms with Crippen LogP contribution in [-0.4, -0.2) is 55.7 Å². The van der Waals surface area contributed by atoms with Gasteiger partial charge in [0, 0.05) is 49.4 Å². The zero-order valence-corrected chi connectivity index (χ0v) is 16.4. The van der Waals surface area contributed by atoms with E-state index in [9.17, 15) is 4.79 Å². The average Bonchev–Trinajstić information content (AvgIpc) is 3.08. The highest BCUT2D eigenvalue weighted by molar-refractivity contribution is 5.91. The Balaban J connectivity index is 1.41. The number of allylic oxidation sites excluding steroid dienone is 4. The normalized spacial score (nSPS) is 27.0. The molecule has 0 bridgehead atoms. The van der Waals surface area contributed by atoms with Gasteiger partial charge in [0.1, 0.15) is 6.61 Å². The zero-order chi connectivity index (χ0) is 18.4. The van der Waals surface area contributed by atoms with E-state index in [0.29, 0.717) is 18.1 Å². The lowest BCUT2D eigenvalue weighted by molar-refractivity contribution is -0.139. The Labute approximate surface area is 158 Å². The Hall–Kier alpha value is -1.48. The fraction of sp³-hybridized carbons (Fsp3) is 0.682. The SMILES string of the molecule is CCCC1CCC(C2=C[C+]=C(C(=O)OCCN3CCN(C)C3)C=C2)CC1. The third-order valence-electron chi connectivity index (χ3n) is 5.95. The molecule has 4 nitrogen and oxygen atoms in total. The van der Waals surface area contributed by atoms with Crippen LogP contribution < -0.4 is 0 Å². The quantitative estimate of drug-likeness (QED) is 0.515. The first-order valence-electron chi connectivity index (χ1n) is 10.3. The van der Waals surface area contributed by atoms with Crippen LogP contribution in [0.2, 0.25) is 0 Å². The molecule has 0 aromatic carbocycles. The maximum Gasteiger partial charge on any atom is 0.431 e. The van der Waals surface area contributed by atoms with Crippen molar-refractivity contribution in [2.75, 3.05) is 40.0 Å². The highest BCUT2D eigenvalue weighted by Gasteiger charge is 2.27. The molecule has 0 N–H and O–H groups in total. The number of nitrogens with zero attached hydrogens (tertiary/aromatic N) is 2. The maximum atomic E-state index is 12.2. The molecule has 2 aliphatic carbocycles. The van der Waals surface area contributed by atoms with Gasteiger partial charge in [-0.15, -0.1) is 0 Å². The number of ether oxygens (including phenoxy) is 1. The molecule has 0 spiro atoms. The summed E-state index contributed by atoms with van der Waals surface area (Å²) in [4.78, 5) is 16.8. The van der Waals surface area contributed by atoms with Gasteiger partial charge >= 0.3 is 5.97 Å². The Morgan fingerprint density at radius 2 is 2.04 bits per heavy atom. The van der Waals surface area contributed by atoms with Gasteiger partial charge in [-0.3, -0.25) is 9.80 Å². The second-order valence-corrected chi connectivity index (χ2v) is 8.02. The molecule has 26 heavy (non-hydrogen) atoms. The molecule has 3 rings (SSSR count). The lowest BCUT2D eigenvalue weighted by Gasteiger charge is -2.27. The van der Waals surface area contributed by atoms with Crippen LogP contribution in [0.5, 0.6) is 0 Å². The number of likely N-dealkylation sites (N-methyl/N-ethyl adjacent to an activating group) is 1. The van der Waals surface area contributed by atoms with E-state index in [2.05, 4.69) is 35.9 Å². The molecule has 1 saturated carbocycles. The Morgan fingerprint density at radius 1 is 1.23 bits per heavy atom. The molecule has 4 heteroatoms. The number of hydrogen-bond acceptors (Lipinski definition) is 4. The second kappa shape index (κ2) is 9.45. The van der Waals surface area contributed by atoms with Crippen molar-refractivity contribution in [2.24, 2.45) is 11.8 Å². The van der Waals surface area contributed by atoms with Crippen molar-refractivity contribution in [3.05, 3.63) is 35.5 Å². The van der Waals surface area contributed by atoms with Gasteiger partial charge in [0.05, 0.1) is 12.7 Å². The summed E-state index contributed by atoms with van der Waals surface area (Å²) in [6, 6.07) is 0. The molecule has 3 aliphatic rings. The van der Waals surface area contributed by atoms with Gasteiger partial charge in [0.25, 0.3) is 0 Å². The topological polar surface area (TPSA) is 32.8 Å². The van der Waals surface area contributed by atoms with Crippen molar-refractivity contribution < 1.29 is 9.53 Å². The molecule has 0 radical (unpaired) electrons. The monoisotopic (exact) mass is 357 g/mol. The summed E-state index contributed by atoms with van der Waals surface area (Å²) < 4.78 is 5.42. The van der Waals surface area contributed by atoms with Crippen molar-refractivity contribution in [1.29, 1.82) is 0 Å². The first-order valence-corrected chi connectivity index (χ1v) is 10.3. The zero-order valence-electron chi connectivity index (χ0n) is 16.4. The summed E-state index contributed by atoms with van der Waals surface area (Å²) in [6.45, 7) is 6.62. The lowest BCUT2D eigenvalue weighted by Crippen LogP contribution is -2.27. The first-order chi connectivity index (χ1) is 12.7. The third-order valence-corrected chi connectivity index (χ3v) is 5.95. The molecular formula is C22H33N2O2+. The van der Waals surface area contributed by atoms with Crippen LogP contribution in [0.4, 0.5) is 0 Å². The van der Waals surface area contributed by atoms with Gasteiger partial charge in [-0.25, -0.2) is 0 Å². The molecule has 2 fully saturated rings. The van der Waals surface area contributed by atoms with E-state index in [0.717, 1.165) is 32.2 Å². The molecule has 142 valence electrons. The fourth-order valence-corrected chi connectivity index (χ4v) is 4.33. The second-order valence-electron chi connectivity index (χ2n) is 8.02. The third kappa shape index (κ3) is 5.26. The van der Waals surface area contributed by atoms with E-state index in [4.69, 9.17) is 4.74 Å². The predicted octanol–water partition coefficient (Wildman–Crippen LogP) is 3.57. The van der Waals surface area contributed by atoms with Crippen molar-refractivity contribution in [3.63, 3.8) is 0 Å². The summed E-state index contributed by atoms with van der Waals surface area (Å²) in [5.74, 6) is 1.30. The summed E-state index contributed by atoms with van der Waals surface area (Å²) in [6.07, 6.45) is 17.1. The highest BCUT2D eigenvalue weighted by Crippen LogP contribution is 2.36. The standard InChI is InChI=1S/C22H33N2O2/c1-3-4-18-5-7-19(8-6-18)20-9-11-21(12-10-20)22(25)26-16-15-24-14-13-23(2)17-24/h9-11,18-19H,3-8,13-17H2,1-2H3/q+1. The predicted molar refractivity (Wildman–Crippen MR) is 104 cm³/mol. The molecule has 0 amide bonds. The van der Waals surface area contributed by atoms with Crippen LogP contribution in [0.1, 0.15) is 45.4 Å². The van der Waals surface area contributed by atoms with E-state index in [-0.39, 0.29) is 5.97 Å². The number of rotatable bonds is 7. The number of carbonyl (C=O) groups excluding carboxylic acids is 1. The molecule has 1 aliphatic heterocycles. The van der Waals surface area contributed by atoms with Gasteiger partial charge < -0.3 is 4.74 Å². The van der Waals surface area contributed by atoms with Crippen LogP contribution in [0.3, 0.4) is 0 Å². The van der Waals surface area contributed by atoms with Crippen molar-refractivity contribution in [3.8, 4) is 0 Å². The number of hydrogen-bond donors (Lipinski definition) is 0. The van der Waals surface area contributed by atoms with Crippen LogP contribution in [0.15, 0.2) is 29.4 Å². The number of esters is 1. The molecule has 0 atom stereocenters. The van der Waals surface area contributed by atoms with Crippen LogP contribution in [-0.2, 0) is 9.53 Å². The Morgan fingerprint density at radius 3 is 2.65 bits per heavy atom. The van der Waals surface area contributed by atoms with Crippen LogP contribution in [0, 0.1) is 17.9 Å². The molecule has 1 saturated heterocycles. The van der Waals surface area contributed by atoms with E-state index >= 15 is 0 Å². The first kappa shape index (κ1) is 19.3. The lowest BCUT2D eigenvalue weighted by atomic mass is 9.76. The van der Waals surface area contributed by atoms with Gasteiger partial charge in [0.15, 0.2) is 0 Å². The molecular weight excluding hydrogens is 324 g/mol. The average molecular weight is 358 g/mol. The van der Waals surface area contributed by atoms with Crippen molar-refractivity contribution in [1.82, 2.24) is 9.80 Å². The van der Waals surface area contributed by atoms with E-state index in [1.807, 2.05) is 12.2 Å². The fourth-order valence-electron chi connectivity index (χ4n) is 4.33. The minimum Gasteiger partial charge on any atom is -0.415 e. The van der Waals surface area contributed by atoms with Crippen LogP contribution in [0.25, 0.3) is 0 Å². The van der Waals surface area contributed by atoms with Crippen molar-refractivity contribution >= 4 is 5.97 Å². The van der Waals surface area contributed by atoms with E-state index in [1.54, 1.807) is 0 Å². The van der Waals surface area contributed by atoms with Crippen LogP contribution >= 0.6 is 0 Å². The summed E-state index contributed by atoms with van der Waals surface area (Å²) >= 11 is 0. The highest BCUT2D eigenvalue weighted by atomic mass is 16.5. The Bertz CT molecular complexity index is 571.